The maximum Gasteiger partial charge on any atom is 0.211 e. The highest BCUT2D eigenvalue weighted by molar-refractivity contribution is 5.97. The number of guanidine groups is 1. The van der Waals surface area contributed by atoms with E-state index in [9.17, 15) is 0 Å². The summed E-state index contributed by atoms with van der Waals surface area (Å²) in [6.07, 6.45) is 3.15. The van der Waals surface area contributed by atoms with Gasteiger partial charge in [-0.1, -0.05) is 18.2 Å². The second-order valence-electron chi connectivity index (χ2n) is 2.96. The minimum absolute atomic E-state index is 0.0703. The average molecular weight is 202 g/mol. The molecule has 0 bridgehead atoms. The Hall–Kier alpha value is -2.30. The molecule has 0 aliphatic heterocycles. The number of nitrogens with zero attached hydrogens (tertiary/aromatic N) is 2. The van der Waals surface area contributed by atoms with Gasteiger partial charge in [0.25, 0.3) is 0 Å². The number of fused-ring (bicyclic) bond motifs is 1. The molecule has 2 rings (SSSR count). The van der Waals surface area contributed by atoms with Crippen molar-refractivity contribution in [3.8, 4) is 0 Å². The summed E-state index contributed by atoms with van der Waals surface area (Å²) in [6.45, 7) is 0. The van der Waals surface area contributed by atoms with Crippen LogP contribution in [0, 0.1) is 0 Å². The Morgan fingerprint density at radius 2 is 2.07 bits per heavy atom. The first-order chi connectivity index (χ1) is 7.27. The van der Waals surface area contributed by atoms with E-state index in [-0.39, 0.29) is 5.96 Å². The van der Waals surface area contributed by atoms with Crippen LogP contribution in [0.25, 0.3) is 11.0 Å². The molecule has 0 spiro atoms. The van der Waals surface area contributed by atoms with Crippen molar-refractivity contribution in [2.45, 2.75) is 0 Å². The van der Waals surface area contributed by atoms with Crippen molar-refractivity contribution in [2.24, 2.45) is 21.7 Å². The highest BCUT2D eigenvalue weighted by atomic mass is 16.3. The Kier molecular flexibility index (Phi) is 2.37. The van der Waals surface area contributed by atoms with E-state index >= 15 is 0 Å². The third-order valence-electron chi connectivity index (χ3n) is 1.88. The largest absolute Gasteiger partial charge is 0.464 e. The Labute approximate surface area is 86.1 Å². The molecule has 0 aliphatic carbocycles. The molecule has 15 heavy (non-hydrogen) atoms. The normalized spacial score (nSPS) is 10.9. The van der Waals surface area contributed by atoms with Crippen LogP contribution in [0.2, 0.25) is 0 Å². The highest BCUT2D eigenvalue weighted by Crippen LogP contribution is 2.18. The predicted octanol–water partition coefficient (Wildman–Crippen LogP) is 1.04. The SMILES string of the molecule is NC(N)=N/N=C/c1coc2ccccc12. The van der Waals surface area contributed by atoms with Crippen molar-refractivity contribution in [3.05, 3.63) is 36.1 Å². The quantitative estimate of drug-likeness (QED) is 0.433. The lowest BCUT2D eigenvalue weighted by Crippen LogP contribution is -2.21. The van der Waals surface area contributed by atoms with Crippen LogP contribution in [-0.4, -0.2) is 12.2 Å². The Balaban J connectivity index is 2.37. The zero-order chi connectivity index (χ0) is 10.7. The number of rotatable bonds is 2. The van der Waals surface area contributed by atoms with Crippen molar-refractivity contribution in [3.63, 3.8) is 0 Å². The minimum Gasteiger partial charge on any atom is -0.464 e. The van der Waals surface area contributed by atoms with Gasteiger partial charge in [0.2, 0.25) is 5.96 Å². The third-order valence-corrected chi connectivity index (χ3v) is 1.88. The summed E-state index contributed by atoms with van der Waals surface area (Å²) in [7, 11) is 0. The molecule has 76 valence electrons. The molecule has 5 nitrogen and oxygen atoms in total. The molecule has 5 heteroatoms. The molecule has 0 aliphatic rings. The fourth-order valence-electron chi connectivity index (χ4n) is 1.26. The molecular formula is C10H10N4O. The van der Waals surface area contributed by atoms with Gasteiger partial charge < -0.3 is 15.9 Å². The van der Waals surface area contributed by atoms with Crippen LogP contribution in [0.1, 0.15) is 5.56 Å². The summed E-state index contributed by atoms with van der Waals surface area (Å²) in [5, 5.41) is 8.20. The van der Waals surface area contributed by atoms with Gasteiger partial charge in [-0.15, -0.1) is 5.10 Å². The molecule has 0 unspecified atom stereocenters. The van der Waals surface area contributed by atoms with Crippen LogP contribution < -0.4 is 11.5 Å². The van der Waals surface area contributed by atoms with E-state index in [1.807, 2.05) is 24.3 Å². The molecule has 1 aromatic heterocycles. The number of hydrogen-bond donors (Lipinski definition) is 2. The first kappa shape index (κ1) is 9.26. The molecule has 1 heterocycles. The number of furan rings is 1. The Bertz CT molecular complexity index is 523. The maximum absolute atomic E-state index is 5.30. The zero-order valence-corrected chi connectivity index (χ0v) is 7.92. The van der Waals surface area contributed by atoms with E-state index in [2.05, 4.69) is 10.2 Å². The number of para-hydroxylation sites is 1. The van der Waals surface area contributed by atoms with Gasteiger partial charge in [-0.2, -0.15) is 5.10 Å². The summed E-state index contributed by atoms with van der Waals surface area (Å²) in [6, 6.07) is 7.65. The van der Waals surface area contributed by atoms with Crippen LogP contribution in [0.3, 0.4) is 0 Å². The number of hydrogen-bond acceptors (Lipinski definition) is 3. The van der Waals surface area contributed by atoms with Crippen LogP contribution in [0.4, 0.5) is 0 Å². The Morgan fingerprint density at radius 1 is 1.27 bits per heavy atom. The molecule has 1 aromatic carbocycles. The molecule has 0 saturated heterocycles. The first-order valence-corrected chi connectivity index (χ1v) is 4.35. The van der Waals surface area contributed by atoms with Gasteiger partial charge >= 0.3 is 0 Å². The van der Waals surface area contributed by atoms with E-state index in [1.165, 1.54) is 0 Å². The monoisotopic (exact) mass is 202 g/mol. The lowest BCUT2D eigenvalue weighted by Gasteiger charge is -1.87. The minimum atomic E-state index is -0.0703. The van der Waals surface area contributed by atoms with Crippen molar-refractivity contribution in [2.75, 3.05) is 0 Å². The smallest absolute Gasteiger partial charge is 0.211 e. The van der Waals surface area contributed by atoms with E-state index in [1.54, 1.807) is 12.5 Å². The van der Waals surface area contributed by atoms with Crippen LogP contribution in [-0.2, 0) is 0 Å². The van der Waals surface area contributed by atoms with Gasteiger partial charge in [-0.25, -0.2) is 0 Å². The summed E-state index contributed by atoms with van der Waals surface area (Å²) in [5.74, 6) is -0.0703. The second-order valence-corrected chi connectivity index (χ2v) is 2.96. The Morgan fingerprint density at radius 3 is 2.87 bits per heavy atom. The van der Waals surface area contributed by atoms with E-state index in [4.69, 9.17) is 15.9 Å². The van der Waals surface area contributed by atoms with Crippen molar-refractivity contribution >= 4 is 23.1 Å². The van der Waals surface area contributed by atoms with E-state index in [0.717, 1.165) is 16.5 Å². The van der Waals surface area contributed by atoms with Gasteiger partial charge in [0.05, 0.1) is 6.21 Å². The average Bonchev–Trinajstić information content (AvgIpc) is 2.62. The van der Waals surface area contributed by atoms with Crippen molar-refractivity contribution in [1.82, 2.24) is 0 Å². The predicted molar refractivity (Wildman–Crippen MR) is 59.6 cm³/mol. The van der Waals surface area contributed by atoms with Gasteiger partial charge in [0.15, 0.2) is 0 Å². The van der Waals surface area contributed by atoms with Crippen molar-refractivity contribution in [1.29, 1.82) is 0 Å². The van der Waals surface area contributed by atoms with Crippen LogP contribution in [0.5, 0.6) is 0 Å². The summed E-state index contributed by atoms with van der Waals surface area (Å²) < 4.78 is 5.30. The zero-order valence-electron chi connectivity index (χ0n) is 7.92. The summed E-state index contributed by atoms with van der Waals surface area (Å²) in [4.78, 5) is 0. The number of benzene rings is 1. The summed E-state index contributed by atoms with van der Waals surface area (Å²) >= 11 is 0. The molecular weight excluding hydrogens is 192 g/mol. The molecule has 0 fully saturated rings. The lowest BCUT2D eigenvalue weighted by atomic mass is 10.2. The van der Waals surface area contributed by atoms with E-state index in [0.29, 0.717) is 0 Å². The molecule has 2 aromatic rings. The molecule has 0 saturated carbocycles. The molecule has 0 atom stereocenters. The highest BCUT2D eigenvalue weighted by Gasteiger charge is 2.01. The van der Waals surface area contributed by atoms with Gasteiger partial charge in [-0.3, -0.25) is 0 Å². The molecule has 4 N–H and O–H groups in total. The standard InChI is InChI=1S/C10H10N4O/c11-10(12)14-13-5-7-6-15-9-4-2-1-3-8(7)9/h1-6H,(H4,11,12,14)/b13-5+. The number of nitrogens with two attached hydrogens (primary N) is 2. The lowest BCUT2D eigenvalue weighted by molar-refractivity contribution is 0.615. The van der Waals surface area contributed by atoms with Crippen LogP contribution in [0.15, 0.2) is 45.1 Å². The fourth-order valence-corrected chi connectivity index (χ4v) is 1.26. The topological polar surface area (TPSA) is 89.9 Å². The van der Waals surface area contributed by atoms with Gasteiger partial charge in [-0.05, 0) is 6.07 Å². The third kappa shape index (κ3) is 1.96. The van der Waals surface area contributed by atoms with Gasteiger partial charge in [0, 0.05) is 10.9 Å². The fraction of sp³-hybridized carbons (Fsp3) is 0. The van der Waals surface area contributed by atoms with Gasteiger partial charge in [0.1, 0.15) is 11.8 Å². The maximum atomic E-state index is 5.30. The second kappa shape index (κ2) is 3.83. The van der Waals surface area contributed by atoms with E-state index < -0.39 is 0 Å². The first-order valence-electron chi connectivity index (χ1n) is 4.35. The van der Waals surface area contributed by atoms with Crippen molar-refractivity contribution < 1.29 is 4.42 Å². The summed E-state index contributed by atoms with van der Waals surface area (Å²) in [5.41, 5.74) is 11.9. The molecule has 0 radical (unpaired) electrons. The molecule has 0 amide bonds. The van der Waals surface area contributed by atoms with Crippen LogP contribution >= 0.6 is 0 Å².